The first-order valence-electron chi connectivity index (χ1n) is 13.3. The number of carbonyl (C=O) groups is 3. The summed E-state index contributed by atoms with van der Waals surface area (Å²) in [5.41, 5.74) is 0.981. The van der Waals surface area contributed by atoms with Crippen LogP contribution in [0.25, 0.3) is 11.5 Å². The number of amides is 2. The van der Waals surface area contributed by atoms with Gasteiger partial charge in [0.25, 0.3) is 5.91 Å². The maximum Gasteiger partial charge on any atom is 0.408 e. The minimum atomic E-state index is -1.28. The molecule has 0 saturated carbocycles. The number of unbranched alkanes of at least 4 members (excludes halogenated alkanes) is 1. The van der Waals surface area contributed by atoms with E-state index in [0.717, 1.165) is 22.4 Å². The fourth-order valence-electron chi connectivity index (χ4n) is 4.54. The third-order valence-electron chi connectivity index (χ3n) is 6.75. The average molecular weight is 535 g/mol. The Bertz CT molecular complexity index is 1240. The van der Waals surface area contributed by atoms with Crippen molar-refractivity contribution >= 4 is 17.8 Å². The summed E-state index contributed by atoms with van der Waals surface area (Å²) in [6.07, 6.45) is 0.352. The predicted octanol–water partition coefficient (Wildman–Crippen LogP) is 5.68. The zero-order valence-corrected chi connectivity index (χ0v) is 23.3. The molecule has 0 aliphatic carbocycles. The SMILES string of the molecule is CCCC[C@@H](C(=O)C(=O)N[C@H](C)c1ccccc1)N(C(=O)O)[C@@H](Cc1nnc(-c2ccccc2)o1)C(C)(C)C. The molecule has 0 saturated heterocycles. The molecule has 2 aromatic carbocycles. The van der Waals surface area contributed by atoms with Crippen LogP contribution in [0.4, 0.5) is 4.79 Å². The van der Waals surface area contributed by atoms with Crippen molar-refractivity contribution in [3.05, 3.63) is 72.1 Å². The Morgan fingerprint density at radius 1 is 1.00 bits per heavy atom. The van der Waals surface area contributed by atoms with Crippen molar-refractivity contribution in [1.82, 2.24) is 20.4 Å². The quantitative estimate of drug-likeness (QED) is 0.286. The Kier molecular flexibility index (Phi) is 9.98. The van der Waals surface area contributed by atoms with E-state index in [-0.39, 0.29) is 18.7 Å². The van der Waals surface area contributed by atoms with E-state index in [0.29, 0.717) is 12.3 Å². The van der Waals surface area contributed by atoms with Crippen LogP contribution in [0, 0.1) is 5.41 Å². The first-order valence-corrected chi connectivity index (χ1v) is 13.3. The van der Waals surface area contributed by atoms with Crippen molar-refractivity contribution in [2.45, 2.75) is 78.4 Å². The van der Waals surface area contributed by atoms with E-state index in [2.05, 4.69) is 15.5 Å². The van der Waals surface area contributed by atoms with Gasteiger partial charge in [0.2, 0.25) is 17.6 Å². The fraction of sp³-hybridized carbons (Fsp3) is 0.433. The molecule has 1 aromatic heterocycles. The highest BCUT2D eigenvalue weighted by Crippen LogP contribution is 2.31. The molecule has 3 atom stereocenters. The maximum atomic E-state index is 13.6. The number of hydrogen-bond acceptors (Lipinski definition) is 6. The minimum absolute atomic E-state index is 0.0908. The molecule has 1 heterocycles. The number of rotatable bonds is 12. The number of hydrogen-bond donors (Lipinski definition) is 2. The van der Waals surface area contributed by atoms with Gasteiger partial charge in [-0.05, 0) is 36.5 Å². The van der Waals surface area contributed by atoms with Crippen molar-refractivity contribution in [3.8, 4) is 11.5 Å². The standard InChI is InChI=1S/C30H38N4O5/c1-6-7-18-23(26(35)27(36)31-20(2)21-14-10-8-11-15-21)34(29(37)38)24(30(3,4)5)19-25-32-33-28(39-25)22-16-12-9-13-17-22/h8-17,20,23-24H,6-7,18-19H2,1-5H3,(H,31,36)(H,37,38)/t20-,23+,24+/m1/s1. The molecular formula is C30H38N4O5. The second-order valence-corrected chi connectivity index (χ2v) is 10.8. The van der Waals surface area contributed by atoms with Gasteiger partial charge in [0, 0.05) is 18.0 Å². The summed E-state index contributed by atoms with van der Waals surface area (Å²) >= 11 is 0. The van der Waals surface area contributed by atoms with Crippen LogP contribution in [-0.2, 0) is 16.0 Å². The number of nitrogens with zero attached hydrogens (tertiary/aromatic N) is 3. The van der Waals surface area contributed by atoms with Crippen molar-refractivity contribution in [1.29, 1.82) is 0 Å². The van der Waals surface area contributed by atoms with Gasteiger partial charge in [-0.1, -0.05) is 89.1 Å². The van der Waals surface area contributed by atoms with Gasteiger partial charge in [-0.3, -0.25) is 14.5 Å². The summed E-state index contributed by atoms with van der Waals surface area (Å²) in [5.74, 6) is -1.01. The Hall–Kier alpha value is -4.01. The van der Waals surface area contributed by atoms with Gasteiger partial charge >= 0.3 is 6.09 Å². The lowest BCUT2D eigenvalue weighted by Gasteiger charge is -2.41. The highest BCUT2D eigenvalue weighted by Gasteiger charge is 2.43. The lowest BCUT2D eigenvalue weighted by atomic mass is 9.82. The molecule has 3 aromatic rings. The molecule has 0 fully saturated rings. The molecule has 9 nitrogen and oxygen atoms in total. The molecule has 0 aliphatic rings. The summed E-state index contributed by atoms with van der Waals surface area (Å²) in [7, 11) is 0. The molecular weight excluding hydrogens is 496 g/mol. The molecule has 0 spiro atoms. The topological polar surface area (TPSA) is 126 Å². The summed E-state index contributed by atoms with van der Waals surface area (Å²) < 4.78 is 5.89. The minimum Gasteiger partial charge on any atom is -0.465 e. The number of aromatic nitrogens is 2. The largest absolute Gasteiger partial charge is 0.465 e. The normalized spacial score (nSPS) is 13.8. The highest BCUT2D eigenvalue weighted by atomic mass is 16.4. The number of Topliss-reactive ketones (excluding diaryl/α,β-unsaturated/α-hetero) is 1. The van der Waals surface area contributed by atoms with Crippen LogP contribution >= 0.6 is 0 Å². The Morgan fingerprint density at radius 3 is 2.18 bits per heavy atom. The molecule has 9 heteroatoms. The third-order valence-corrected chi connectivity index (χ3v) is 6.75. The third kappa shape index (κ3) is 7.75. The van der Waals surface area contributed by atoms with Crippen molar-refractivity contribution in [3.63, 3.8) is 0 Å². The summed E-state index contributed by atoms with van der Waals surface area (Å²) in [6, 6.07) is 16.3. The number of nitrogens with one attached hydrogen (secondary N) is 1. The van der Waals surface area contributed by atoms with Gasteiger partial charge in [0.05, 0.1) is 6.04 Å². The molecule has 2 amide bonds. The molecule has 0 radical (unpaired) electrons. The summed E-state index contributed by atoms with van der Waals surface area (Å²) in [6.45, 7) is 9.41. The van der Waals surface area contributed by atoms with Gasteiger partial charge in [-0.15, -0.1) is 10.2 Å². The van der Waals surface area contributed by atoms with Gasteiger partial charge in [-0.25, -0.2) is 4.79 Å². The lowest BCUT2D eigenvalue weighted by molar-refractivity contribution is -0.142. The average Bonchev–Trinajstić information content (AvgIpc) is 3.38. The molecule has 0 aliphatic heterocycles. The maximum absolute atomic E-state index is 13.6. The monoisotopic (exact) mass is 534 g/mol. The smallest absolute Gasteiger partial charge is 0.408 e. The van der Waals surface area contributed by atoms with E-state index in [1.165, 1.54) is 0 Å². The predicted molar refractivity (Wildman–Crippen MR) is 148 cm³/mol. The van der Waals surface area contributed by atoms with Gasteiger partial charge in [0.1, 0.15) is 6.04 Å². The summed E-state index contributed by atoms with van der Waals surface area (Å²) in [5, 5.41) is 21.4. The van der Waals surface area contributed by atoms with E-state index in [9.17, 15) is 19.5 Å². The van der Waals surface area contributed by atoms with Crippen LogP contribution in [0.15, 0.2) is 65.1 Å². The Balaban J connectivity index is 1.90. The number of carboxylic acid groups (broad SMARTS) is 1. The van der Waals surface area contributed by atoms with Gasteiger partial charge in [-0.2, -0.15) is 0 Å². The van der Waals surface area contributed by atoms with Crippen LogP contribution < -0.4 is 5.32 Å². The number of carbonyl (C=O) groups excluding carboxylic acids is 2. The first-order chi connectivity index (χ1) is 18.5. The highest BCUT2D eigenvalue weighted by molar-refractivity contribution is 6.38. The Morgan fingerprint density at radius 2 is 1.62 bits per heavy atom. The van der Waals surface area contributed by atoms with E-state index in [4.69, 9.17) is 4.42 Å². The Labute approximate surface area is 229 Å². The first kappa shape index (κ1) is 29.5. The van der Waals surface area contributed by atoms with Crippen LogP contribution in [-0.4, -0.2) is 50.1 Å². The zero-order chi connectivity index (χ0) is 28.6. The van der Waals surface area contributed by atoms with Crippen LogP contribution in [0.5, 0.6) is 0 Å². The second kappa shape index (κ2) is 13.2. The second-order valence-electron chi connectivity index (χ2n) is 10.8. The molecule has 0 unspecified atom stereocenters. The van der Waals surface area contributed by atoms with E-state index >= 15 is 0 Å². The molecule has 0 bridgehead atoms. The summed E-state index contributed by atoms with van der Waals surface area (Å²) in [4.78, 5) is 40.6. The molecule has 2 N–H and O–H groups in total. The van der Waals surface area contributed by atoms with Crippen LogP contribution in [0.1, 0.15) is 71.4 Å². The number of ketones is 1. The van der Waals surface area contributed by atoms with Gasteiger partial charge < -0.3 is 14.8 Å². The van der Waals surface area contributed by atoms with Crippen LogP contribution in [0.3, 0.4) is 0 Å². The van der Waals surface area contributed by atoms with Crippen LogP contribution in [0.2, 0.25) is 0 Å². The van der Waals surface area contributed by atoms with Gasteiger partial charge in [0.15, 0.2) is 0 Å². The van der Waals surface area contributed by atoms with E-state index in [1.54, 1.807) is 6.92 Å². The fourth-order valence-corrected chi connectivity index (χ4v) is 4.54. The number of benzene rings is 2. The zero-order valence-electron chi connectivity index (χ0n) is 23.3. The molecule has 3 rings (SSSR count). The van der Waals surface area contributed by atoms with Crippen molar-refractivity contribution in [2.24, 2.45) is 5.41 Å². The van der Waals surface area contributed by atoms with Crippen molar-refractivity contribution < 1.29 is 23.9 Å². The van der Waals surface area contributed by atoms with E-state index in [1.807, 2.05) is 88.4 Å². The molecule has 39 heavy (non-hydrogen) atoms. The van der Waals surface area contributed by atoms with E-state index < -0.39 is 41.3 Å². The lowest BCUT2D eigenvalue weighted by Crippen LogP contribution is -2.58. The van der Waals surface area contributed by atoms with Crippen molar-refractivity contribution in [2.75, 3.05) is 0 Å². The molecule has 208 valence electrons.